The molecule has 3 nitrogen and oxygen atoms in total. The maximum Gasteiger partial charge on any atom is 0.0456 e. The Morgan fingerprint density at radius 3 is 2.52 bits per heavy atom. The Hall–Kier alpha value is -3.17. The summed E-state index contributed by atoms with van der Waals surface area (Å²) < 4.78 is 0. The SMILES string of the molecule is CCc1ccc2[nH]cc(CCN=C(C)c3cccc(CNCc4ccccc4)c3)c2c1. The minimum absolute atomic E-state index is 0.797. The molecule has 4 rings (SSSR count). The van der Waals surface area contributed by atoms with E-state index in [0.29, 0.717) is 0 Å². The van der Waals surface area contributed by atoms with Crippen molar-refractivity contribution in [3.63, 3.8) is 0 Å². The number of hydrogen-bond donors (Lipinski definition) is 2. The van der Waals surface area contributed by atoms with Gasteiger partial charge in [-0.1, -0.05) is 61.5 Å². The second-order valence-electron chi connectivity index (χ2n) is 8.05. The molecule has 0 aliphatic heterocycles. The number of fused-ring (bicyclic) bond motifs is 1. The van der Waals surface area contributed by atoms with Gasteiger partial charge in [0.05, 0.1) is 0 Å². The van der Waals surface area contributed by atoms with Crippen LogP contribution in [0.2, 0.25) is 0 Å². The molecule has 0 saturated carbocycles. The Balaban J connectivity index is 1.35. The van der Waals surface area contributed by atoms with Crippen LogP contribution in [0, 0.1) is 0 Å². The second-order valence-corrected chi connectivity index (χ2v) is 8.05. The molecule has 2 N–H and O–H groups in total. The van der Waals surface area contributed by atoms with Gasteiger partial charge >= 0.3 is 0 Å². The molecule has 31 heavy (non-hydrogen) atoms. The van der Waals surface area contributed by atoms with Gasteiger partial charge in [-0.3, -0.25) is 4.99 Å². The van der Waals surface area contributed by atoms with Crippen molar-refractivity contribution in [3.8, 4) is 0 Å². The second kappa shape index (κ2) is 10.2. The van der Waals surface area contributed by atoms with E-state index in [2.05, 4.69) is 103 Å². The fourth-order valence-corrected chi connectivity index (χ4v) is 3.94. The number of H-pyrrole nitrogens is 1. The summed E-state index contributed by atoms with van der Waals surface area (Å²) in [6, 6.07) is 25.9. The molecule has 158 valence electrons. The first kappa shape index (κ1) is 21.1. The van der Waals surface area contributed by atoms with Crippen LogP contribution in [0.3, 0.4) is 0 Å². The van der Waals surface area contributed by atoms with E-state index in [1.807, 2.05) is 0 Å². The zero-order chi connectivity index (χ0) is 21.5. The molecule has 0 fully saturated rings. The van der Waals surface area contributed by atoms with Gasteiger partial charge in [0, 0.05) is 42.4 Å². The standard InChI is InChI=1S/C28H31N3/c1-3-22-12-13-28-27(17-22)26(20-31-28)14-15-30-21(2)25-11-7-10-24(16-25)19-29-18-23-8-5-4-6-9-23/h4-13,16-17,20,29,31H,3,14-15,18-19H2,1-2H3. The quantitative estimate of drug-likeness (QED) is 0.324. The van der Waals surface area contributed by atoms with E-state index in [4.69, 9.17) is 4.99 Å². The highest BCUT2D eigenvalue weighted by Gasteiger charge is 2.05. The van der Waals surface area contributed by atoms with Crippen molar-refractivity contribution in [3.05, 3.63) is 107 Å². The number of rotatable bonds is 9. The third-order valence-electron chi connectivity index (χ3n) is 5.82. The third-order valence-corrected chi connectivity index (χ3v) is 5.82. The summed E-state index contributed by atoms with van der Waals surface area (Å²) in [5.41, 5.74) is 8.83. The zero-order valence-corrected chi connectivity index (χ0v) is 18.5. The number of nitrogens with zero attached hydrogens (tertiary/aromatic N) is 1. The predicted octanol–water partition coefficient (Wildman–Crippen LogP) is 6.07. The summed E-state index contributed by atoms with van der Waals surface area (Å²) in [5, 5.41) is 4.86. The average Bonchev–Trinajstić information content (AvgIpc) is 3.22. The summed E-state index contributed by atoms with van der Waals surface area (Å²) >= 11 is 0. The van der Waals surface area contributed by atoms with E-state index in [1.54, 1.807) is 0 Å². The molecular formula is C28H31N3. The van der Waals surface area contributed by atoms with Crippen LogP contribution >= 0.6 is 0 Å². The van der Waals surface area contributed by atoms with E-state index in [0.717, 1.165) is 38.2 Å². The van der Waals surface area contributed by atoms with Gasteiger partial charge in [0.15, 0.2) is 0 Å². The first-order valence-corrected chi connectivity index (χ1v) is 11.2. The Bertz CT molecular complexity index is 1160. The minimum atomic E-state index is 0.797. The largest absolute Gasteiger partial charge is 0.361 e. The molecule has 4 aromatic rings. The molecule has 0 spiro atoms. The molecule has 0 amide bonds. The number of hydrogen-bond acceptors (Lipinski definition) is 2. The van der Waals surface area contributed by atoms with Crippen molar-refractivity contribution in [1.29, 1.82) is 0 Å². The van der Waals surface area contributed by atoms with Gasteiger partial charge in [-0.15, -0.1) is 0 Å². The maximum atomic E-state index is 4.87. The highest BCUT2D eigenvalue weighted by Crippen LogP contribution is 2.21. The van der Waals surface area contributed by atoms with Crippen molar-refractivity contribution < 1.29 is 0 Å². The summed E-state index contributed by atoms with van der Waals surface area (Å²) in [6.07, 6.45) is 4.14. The summed E-state index contributed by atoms with van der Waals surface area (Å²) in [6.45, 7) is 6.84. The highest BCUT2D eigenvalue weighted by molar-refractivity contribution is 5.98. The number of benzene rings is 3. The number of aliphatic imine (C=N–C) groups is 1. The molecular weight excluding hydrogens is 378 g/mol. The average molecular weight is 410 g/mol. The molecule has 3 heteroatoms. The van der Waals surface area contributed by atoms with E-state index in [9.17, 15) is 0 Å². The van der Waals surface area contributed by atoms with Crippen molar-refractivity contribution in [2.24, 2.45) is 4.99 Å². The summed E-state index contributed by atoms with van der Waals surface area (Å²) in [4.78, 5) is 8.26. The molecule has 1 heterocycles. The minimum Gasteiger partial charge on any atom is -0.361 e. The first-order chi connectivity index (χ1) is 15.2. The molecule has 0 saturated heterocycles. The lowest BCUT2D eigenvalue weighted by Crippen LogP contribution is -2.13. The topological polar surface area (TPSA) is 40.2 Å². The van der Waals surface area contributed by atoms with Crippen LogP contribution in [0.4, 0.5) is 0 Å². The number of aromatic nitrogens is 1. The zero-order valence-electron chi connectivity index (χ0n) is 18.5. The monoisotopic (exact) mass is 409 g/mol. The smallest absolute Gasteiger partial charge is 0.0456 e. The van der Waals surface area contributed by atoms with Crippen LogP contribution in [0.15, 0.2) is 84.0 Å². The molecule has 0 aliphatic carbocycles. The van der Waals surface area contributed by atoms with Crippen LogP contribution in [0.5, 0.6) is 0 Å². The summed E-state index contributed by atoms with van der Waals surface area (Å²) in [5.74, 6) is 0. The van der Waals surface area contributed by atoms with Gasteiger partial charge in [-0.2, -0.15) is 0 Å². The lowest BCUT2D eigenvalue weighted by atomic mass is 10.1. The molecule has 0 atom stereocenters. The molecule has 1 aromatic heterocycles. The highest BCUT2D eigenvalue weighted by atomic mass is 14.8. The van der Waals surface area contributed by atoms with E-state index < -0.39 is 0 Å². The lowest BCUT2D eigenvalue weighted by Gasteiger charge is -2.08. The molecule has 0 radical (unpaired) electrons. The van der Waals surface area contributed by atoms with Gasteiger partial charge in [0.25, 0.3) is 0 Å². The van der Waals surface area contributed by atoms with Gasteiger partial charge in [0.1, 0.15) is 0 Å². The number of nitrogens with one attached hydrogen (secondary N) is 2. The van der Waals surface area contributed by atoms with Crippen LogP contribution in [-0.4, -0.2) is 17.2 Å². The first-order valence-electron chi connectivity index (χ1n) is 11.2. The number of aryl methyl sites for hydroxylation is 1. The van der Waals surface area contributed by atoms with Crippen molar-refractivity contribution in [2.45, 2.75) is 39.8 Å². The number of aromatic amines is 1. The Kier molecular flexibility index (Phi) is 6.96. The Morgan fingerprint density at radius 2 is 1.68 bits per heavy atom. The molecule has 3 aromatic carbocycles. The fourth-order valence-electron chi connectivity index (χ4n) is 3.94. The third kappa shape index (κ3) is 5.50. The van der Waals surface area contributed by atoms with Crippen molar-refractivity contribution in [1.82, 2.24) is 10.3 Å². The molecule has 0 unspecified atom stereocenters. The molecule has 0 aliphatic rings. The normalized spacial score (nSPS) is 11.9. The predicted molar refractivity (Wildman–Crippen MR) is 132 cm³/mol. The van der Waals surface area contributed by atoms with E-state index in [-0.39, 0.29) is 0 Å². The van der Waals surface area contributed by atoms with Crippen molar-refractivity contribution >= 4 is 16.6 Å². The van der Waals surface area contributed by atoms with Crippen LogP contribution in [-0.2, 0) is 25.9 Å². The van der Waals surface area contributed by atoms with Gasteiger partial charge < -0.3 is 10.3 Å². The van der Waals surface area contributed by atoms with Crippen molar-refractivity contribution in [2.75, 3.05) is 6.54 Å². The Labute approximate surface area is 185 Å². The maximum absolute atomic E-state index is 4.87. The summed E-state index contributed by atoms with van der Waals surface area (Å²) in [7, 11) is 0. The van der Waals surface area contributed by atoms with Gasteiger partial charge in [-0.05, 0) is 65.8 Å². The van der Waals surface area contributed by atoms with E-state index in [1.165, 1.54) is 38.7 Å². The lowest BCUT2D eigenvalue weighted by molar-refractivity contribution is 0.693. The molecule has 0 bridgehead atoms. The van der Waals surface area contributed by atoms with Gasteiger partial charge in [-0.25, -0.2) is 0 Å². The van der Waals surface area contributed by atoms with E-state index >= 15 is 0 Å². The van der Waals surface area contributed by atoms with Gasteiger partial charge in [0.2, 0.25) is 0 Å². The Morgan fingerprint density at radius 1 is 0.871 bits per heavy atom. The van der Waals surface area contributed by atoms with Crippen LogP contribution in [0.1, 0.15) is 41.7 Å². The fraction of sp³-hybridized carbons (Fsp3) is 0.250. The van der Waals surface area contributed by atoms with Crippen LogP contribution in [0.25, 0.3) is 10.9 Å². The van der Waals surface area contributed by atoms with Crippen LogP contribution < -0.4 is 5.32 Å².